The fourth-order valence-electron chi connectivity index (χ4n) is 3.61. The number of hydrogen-bond donors (Lipinski definition) is 0. The van der Waals surface area contributed by atoms with Gasteiger partial charge in [-0.3, -0.25) is 0 Å². The van der Waals surface area contributed by atoms with Gasteiger partial charge in [0.1, 0.15) is 5.84 Å². The maximum absolute atomic E-state index is 6.28. The van der Waals surface area contributed by atoms with E-state index in [0.29, 0.717) is 5.92 Å². The Labute approximate surface area is 117 Å². The van der Waals surface area contributed by atoms with E-state index in [4.69, 9.17) is 28.2 Å². The molecular formula is C14H14Cl2N2. The van der Waals surface area contributed by atoms with Crippen molar-refractivity contribution in [3.05, 3.63) is 27.7 Å². The van der Waals surface area contributed by atoms with Crippen LogP contribution in [0.3, 0.4) is 0 Å². The van der Waals surface area contributed by atoms with Gasteiger partial charge < -0.3 is 4.90 Å². The number of nitrogens with zero attached hydrogens (tertiary/aromatic N) is 2. The zero-order valence-corrected chi connectivity index (χ0v) is 11.5. The lowest BCUT2D eigenvalue weighted by atomic mass is 9.95. The fraction of sp³-hybridized carbons (Fsp3) is 0.500. The van der Waals surface area contributed by atoms with Crippen LogP contribution in [0.5, 0.6) is 0 Å². The molecule has 2 atom stereocenters. The van der Waals surface area contributed by atoms with Gasteiger partial charge in [0.2, 0.25) is 0 Å². The molecule has 2 unspecified atom stereocenters. The molecular weight excluding hydrogens is 267 g/mol. The molecule has 0 aromatic heterocycles. The molecule has 2 bridgehead atoms. The molecule has 4 heteroatoms. The molecule has 2 aliphatic heterocycles. The van der Waals surface area contributed by atoms with Crippen molar-refractivity contribution in [3.63, 3.8) is 0 Å². The van der Waals surface area contributed by atoms with E-state index in [2.05, 4.69) is 4.90 Å². The Kier molecular flexibility index (Phi) is 2.40. The quantitative estimate of drug-likeness (QED) is 0.693. The van der Waals surface area contributed by atoms with Crippen molar-refractivity contribution < 1.29 is 0 Å². The number of piperidine rings is 1. The standard InChI is InChI=1S/C14H14Cl2N2/c15-11-3-4-12(16)13-10(11)7-18-6-8-1-2-9(5-8)14(18)17-13/h3-4,8-9H,1-2,5-7H2. The highest BCUT2D eigenvalue weighted by Gasteiger charge is 2.39. The molecule has 1 aromatic rings. The summed E-state index contributed by atoms with van der Waals surface area (Å²) in [7, 11) is 0. The van der Waals surface area contributed by atoms with E-state index in [9.17, 15) is 0 Å². The molecule has 94 valence electrons. The SMILES string of the molecule is Clc1ccc(Cl)c2c1CN1CC3CCC(C3)C1=N2. The summed E-state index contributed by atoms with van der Waals surface area (Å²) in [5.41, 5.74) is 2.00. The second-order valence-corrected chi connectivity index (χ2v) is 6.40. The Morgan fingerprint density at radius 2 is 2.00 bits per heavy atom. The maximum Gasteiger partial charge on any atom is 0.108 e. The normalized spacial score (nSPS) is 28.8. The number of hydrogen-bond acceptors (Lipinski definition) is 2. The largest absolute Gasteiger partial charge is 0.355 e. The van der Waals surface area contributed by atoms with Gasteiger partial charge >= 0.3 is 0 Å². The minimum Gasteiger partial charge on any atom is -0.355 e. The van der Waals surface area contributed by atoms with Crippen molar-refractivity contribution in [2.24, 2.45) is 16.8 Å². The van der Waals surface area contributed by atoms with Gasteiger partial charge in [0, 0.05) is 29.6 Å². The first-order valence-corrected chi connectivity index (χ1v) is 7.28. The Morgan fingerprint density at radius 3 is 2.89 bits per heavy atom. The van der Waals surface area contributed by atoms with Gasteiger partial charge in [0.05, 0.1) is 10.7 Å². The number of amidine groups is 1. The van der Waals surface area contributed by atoms with Crippen LogP contribution < -0.4 is 0 Å². The van der Waals surface area contributed by atoms with Gasteiger partial charge in [0.25, 0.3) is 0 Å². The molecule has 1 saturated carbocycles. The van der Waals surface area contributed by atoms with Crippen molar-refractivity contribution in [1.29, 1.82) is 0 Å². The topological polar surface area (TPSA) is 15.6 Å². The van der Waals surface area contributed by atoms with Crippen LogP contribution in [-0.4, -0.2) is 17.3 Å². The highest BCUT2D eigenvalue weighted by atomic mass is 35.5. The first-order valence-electron chi connectivity index (χ1n) is 6.53. The Hall–Kier alpha value is -0.730. The summed E-state index contributed by atoms with van der Waals surface area (Å²) in [5, 5.41) is 1.51. The average molecular weight is 281 g/mol. The molecule has 2 nitrogen and oxygen atoms in total. The lowest BCUT2D eigenvalue weighted by Gasteiger charge is -2.38. The minimum absolute atomic E-state index is 0.645. The van der Waals surface area contributed by atoms with Crippen molar-refractivity contribution >= 4 is 34.7 Å². The van der Waals surface area contributed by atoms with Crippen LogP contribution in [-0.2, 0) is 6.54 Å². The van der Waals surface area contributed by atoms with E-state index in [0.717, 1.165) is 40.3 Å². The van der Waals surface area contributed by atoms with Gasteiger partial charge in [-0.05, 0) is 37.3 Å². The molecule has 4 rings (SSSR count). The van der Waals surface area contributed by atoms with Crippen LogP contribution in [0.25, 0.3) is 0 Å². The monoisotopic (exact) mass is 280 g/mol. The average Bonchev–Trinajstić information content (AvgIpc) is 2.76. The van der Waals surface area contributed by atoms with Crippen LogP contribution in [0.1, 0.15) is 24.8 Å². The lowest BCUT2D eigenvalue weighted by Crippen LogP contribution is -2.42. The number of rotatable bonds is 0. The number of halogens is 2. The van der Waals surface area contributed by atoms with Crippen LogP contribution >= 0.6 is 23.2 Å². The number of fused-ring (bicyclic) bond motifs is 5. The molecule has 0 amide bonds. The second kappa shape index (κ2) is 3.88. The summed E-state index contributed by atoms with van der Waals surface area (Å²) in [6.07, 6.45) is 3.94. The molecule has 1 aliphatic carbocycles. The van der Waals surface area contributed by atoms with Gasteiger partial charge in [-0.15, -0.1) is 0 Å². The third kappa shape index (κ3) is 1.52. The van der Waals surface area contributed by atoms with Gasteiger partial charge in [-0.2, -0.15) is 0 Å². The van der Waals surface area contributed by atoms with Crippen LogP contribution in [0.4, 0.5) is 5.69 Å². The highest BCUT2D eigenvalue weighted by molar-refractivity contribution is 6.36. The van der Waals surface area contributed by atoms with Crippen LogP contribution in [0.2, 0.25) is 10.0 Å². The van der Waals surface area contributed by atoms with E-state index in [-0.39, 0.29) is 0 Å². The summed E-state index contributed by atoms with van der Waals surface area (Å²) in [6.45, 7) is 2.01. The van der Waals surface area contributed by atoms with Gasteiger partial charge in [0.15, 0.2) is 0 Å². The van der Waals surface area contributed by atoms with Crippen LogP contribution in [0.15, 0.2) is 17.1 Å². The fourth-order valence-corrected chi connectivity index (χ4v) is 4.04. The van der Waals surface area contributed by atoms with E-state index in [1.54, 1.807) is 0 Å². The summed E-state index contributed by atoms with van der Waals surface area (Å²) >= 11 is 12.5. The predicted octanol–water partition coefficient (Wildman–Crippen LogP) is 4.27. The second-order valence-electron chi connectivity index (χ2n) is 5.58. The lowest BCUT2D eigenvalue weighted by molar-refractivity contribution is 0.291. The molecule has 2 heterocycles. The summed E-state index contributed by atoms with van der Waals surface area (Å²) < 4.78 is 0. The number of aliphatic imine (C=N–C) groups is 1. The van der Waals surface area contributed by atoms with Gasteiger partial charge in [-0.25, -0.2) is 4.99 Å². The minimum atomic E-state index is 0.645. The summed E-state index contributed by atoms with van der Waals surface area (Å²) in [4.78, 5) is 7.25. The highest BCUT2D eigenvalue weighted by Crippen LogP contribution is 2.45. The number of benzene rings is 1. The Bertz CT molecular complexity index is 553. The van der Waals surface area contributed by atoms with Gasteiger partial charge in [-0.1, -0.05) is 23.2 Å². The third-order valence-corrected chi connectivity index (χ3v) is 5.12. The smallest absolute Gasteiger partial charge is 0.108 e. The predicted molar refractivity (Wildman–Crippen MR) is 74.8 cm³/mol. The molecule has 1 saturated heterocycles. The molecule has 3 aliphatic rings. The Balaban J connectivity index is 1.86. The molecule has 0 radical (unpaired) electrons. The first kappa shape index (κ1) is 11.1. The van der Waals surface area contributed by atoms with E-state index in [1.165, 1.54) is 25.1 Å². The zero-order valence-electron chi connectivity index (χ0n) is 10.00. The van der Waals surface area contributed by atoms with Crippen molar-refractivity contribution in [2.45, 2.75) is 25.8 Å². The van der Waals surface area contributed by atoms with E-state index in [1.807, 2.05) is 12.1 Å². The summed E-state index contributed by atoms with van der Waals surface area (Å²) in [5.74, 6) is 2.75. The zero-order chi connectivity index (χ0) is 12.3. The first-order chi connectivity index (χ1) is 8.72. The van der Waals surface area contributed by atoms with E-state index < -0.39 is 0 Å². The molecule has 18 heavy (non-hydrogen) atoms. The maximum atomic E-state index is 6.28. The molecule has 2 fully saturated rings. The molecule has 0 N–H and O–H groups in total. The Morgan fingerprint density at radius 1 is 1.17 bits per heavy atom. The van der Waals surface area contributed by atoms with Crippen molar-refractivity contribution in [3.8, 4) is 0 Å². The summed E-state index contributed by atoms with van der Waals surface area (Å²) in [6, 6.07) is 3.73. The third-order valence-electron chi connectivity index (χ3n) is 4.46. The molecule has 0 spiro atoms. The molecule has 1 aromatic carbocycles. The van der Waals surface area contributed by atoms with Crippen molar-refractivity contribution in [2.75, 3.05) is 6.54 Å². The van der Waals surface area contributed by atoms with Crippen LogP contribution in [0, 0.1) is 11.8 Å². The van der Waals surface area contributed by atoms with E-state index >= 15 is 0 Å². The van der Waals surface area contributed by atoms with Crippen molar-refractivity contribution in [1.82, 2.24) is 4.90 Å².